The van der Waals surface area contributed by atoms with E-state index < -0.39 is 41.5 Å². The fraction of sp³-hybridized carbons (Fsp3) is 0.500. The van der Waals surface area contributed by atoms with Crippen LogP contribution in [0.5, 0.6) is 0 Å². The summed E-state index contributed by atoms with van der Waals surface area (Å²) in [4.78, 5) is 63.9. The van der Waals surface area contributed by atoms with E-state index in [1.165, 1.54) is 18.2 Å². The maximum absolute atomic E-state index is 13.4. The molecule has 0 bridgehead atoms. The Labute approximate surface area is 232 Å². The minimum atomic E-state index is -1.22. The van der Waals surface area contributed by atoms with Crippen LogP contribution in [0, 0.1) is 22.7 Å². The zero-order valence-electron chi connectivity index (χ0n) is 22.3. The number of halogens is 1. The summed E-state index contributed by atoms with van der Waals surface area (Å²) in [6.45, 7) is 6.16. The highest BCUT2D eigenvalue weighted by Crippen LogP contribution is 2.23. The topological polar surface area (TPSA) is 157 Å². The number of carbonyl (C=O) groups is 5. The average molecular weight is 556 g/mol. The number of amides is 4. The molecule has 1 aliphatic carbocycles. The van der Waals surface area contributed by atoms with E-state index in [-0.39, 0.29) is 35.8 Å². The summed E-state index contributed by atoms with van der Waals surface area (Å²) in [5, 5.41) is 20.4. The fourth-order valence-corrected chi connectivity index (χ4v) is 4.45. The number of carbonyl (C=O) groups excluding carboxylic acids is 5. The molecule has 0 spiro atoms. The predicted molar refractivity (Wildman–Crippen MR) is 145 cm³/mol. The molecule has 0 aromatic heterocycles. The van der Waals surface area contributed by atoms with Gasteiger partial charge in [0.25, 0.3) is 5.91 Å². The van der Waals surface area contributed by atoms with Crippen molar-refractivity contribution in [2.24, 2.45) is 11.3 Å². The number of ketones is 1. The molecule has 39 heavy (non-hydrogen) atoms. The number of hydrogen-bond acceptors (Lipinski definition) is 6. The molecule has 3 atom stereocenters. The van der Waals surface area contributed by atoms with E-state index in [0.717, 1.165) is 12.8 Å². The molecule has 1 aromatic carbocycles. The van der Waals surface area contributed by atoms with E-state index in [1.54, 1.807) is 12.1 Å². The van der Waals surface area contributed by atoms with Crippen LogP contribution < -0.4 is 21.3 Å². The van der Waals surface area contributed by atoms with Gasteiger partial charge in [0, 0.05) is 29.6 Å². The Balaban J connectivity index is 1.75. The third-order valence-corrected chi connectivity index (χ3v) is 6.69. The highest BCUT2D eigenvalue weighted by atomic mass is 35.5. The van der Waals surface area contributed by atoms with Gasteiger partial charge in [0.05, 0.1) is 17.7 Å². The Morgan fingerprint density at radius 3 is 2.46 bits per heavy atom. The number of hydrogen-bond donors (Lipinski definition) is 4. The second-order valence-electron chi connectivity index (χ2n) is 11.2. The highest BCUT2D eigenvalue weighted by Gasteiger charge is 2.37. The minimum Gasteiger partial charge on any atom is -0.356 e. The molecule has 2 unspecified atom stereocenters. The zero-order chi connectivity index (χ0) is 28.7. The summed E-state index contributed by atoms with van der Waals surface area (Å²) in [7, 11) is 0. The molecule has 208 valence electrons. The monoisotopic (exact) mass is 555 g/mol. The molecule has 1 aliphatic heterocycles. The van der Waals surface area contributed by atoms with Crippen molar-refractivity contribution in [2.45, 2.75) is 71.0 Å². The van der Waals surface area contributed by atoms with E-state index in [1.807, 2.05) is 26.8 Å². The lowest BCUT2D eigenvalue weighted by Crippen LogP contribution is -2.55. The number of nitriles is 1. The molecule has 10 nitrogen and oxygen atoms in total. The first-order chi connectivity index (χ1) is 18.4. The van der Waals surface area contributed by atoms with Crippen LogP contribution in [0.15, 0.2) is 24.3 Å². The first-order valence-corrected chi connectivity index (χ1v) is 13.3. The van der Waals surface area contributed by atoms with Gasteiger partial charge in [-0.3, -0.25) is 24.0 Å². The van der Waals surface area contributed by atoms with Gasteiger partial charge in [-0.25, -0.2) is 0 Å². The Morgan fingerprint density at radius 1 is 1.15 bits per heavy atom. The first-order valence-electron chi connectivity index (χ1n) is 13.0. The van der Waals surface area contributed by atoms with Crippen molar-refractivity contribution in [1.82, 2.24) is 21.3 Å². The van der Waals surface area contributed by atoms with Crippen LogP contribution in [0.1, 0.15) is 64.0 Å². The highest BCUT2D eigenvalue weighted by molar-refractivity contribution is 6.38. The van der Waals surface area contributed by atoms with Gasteiger partial charge in [0.15, 0.2) is 0 Å². The second-order valence-corrected chi connectivity index (χ2v) is 11.6. The molecule has 1 saturated carbocycles. The van der Waals surface area contributed by atoms with Crippen molar-refractivity contribution in [2.75, 3.05) is 6.54 Å². The maximum atomic E-state index is 13.4. The fourth-order valence-electron chi connectivity index (χ4n) is 4.28. The molecule has 1 heterocycles. The largest absolute Gasteiger partial charge is 0.356 e. The van der Waals surface area contributed by atoms with Crippen molar-refractivity contribution >= 4 is 47.1 Å². The lowest BCUT2D eigenvalue weighted by Gasteiger charge is -2.28. The first kappa shape index (κ1) is 29.8. The summed E-state index contributed by atoms with van der Waals surface area (Å²) >= 11 is 5.93. The van der Waals surface area contributed by atoms with Crippen molar-refractivity contribution < 1.29 is 24.0 Å². The molecule has 11 heteroatoms. The van der Waals surface area contributed by atoms with E-state index in [9.17, 15) is 29.2 Å². The van der Waals surface area contributed by atoms with Crippen LogP contribution in [-0.4, -0.2) is 54.1 Å². The normalized spacial score (nSPS) is 18.5. The third-order valence-electron chi connectivity index (χ3n) is 6.45. The van der Waals surface area contributed by atoms with E-state index in [2.05, 4.69) is 21.3 Å². The summed E-state index contributed by atoms with van der Waals surface area (Å²) in [6, 6.07) is 4.41. The van der Waals surface area contributed by atoms with Gasteiger partial charge >= 0.3 is 0 Å². The van der Waals surface area contributed by atoms with Crippen LogP contribution in [0.25, 0.3) is 6.08 Å². The molecule has 4 amide bonds. The molecular formula is C28H34ClN5O5. The molecule has 3 rings (SSSR count). The van der Waals surface area contributed by atoms with E-state index >= 15 is 0 Å². The van der Waals surface area contributed by atoms with Gasteiger partial charge in [-0.15, -0.1) is 0 Å². The maximum Gasteiger partial charge on any atom is 0.289 e. The van der Waals surface area contributed by atoms with Gasteiger partial charge in [0.1, 0.15) is 6.04 Å². The predicted octanol–water partition coefficient (Wildman–Crippen LogP) is 2.00. The van der Waals surface area contributed by atoms with Crippen molar-refractivity contribution in [3.8, 4) is 6.07 Å². The molecular weight excluding hydrogens is 522 g/mol. The number of rotatable bonds is 11. The van der Waals surface area contributed by atoms with Crippen LogP contribution in [0.3, 0.4) is 0 Å². The zero-order valence-corrected chi connectivity index (χ0v) is 23.1. The Morgan fingerprint density at radius 2 is 1.87 bits per heavy atom. The van der Waals surface area contributed by atoms with Crippen molar-refractivity contribution in [3.63, 3.8) is 0 Å². The Hall–Kier alpha value is -3.71. The molecule has 0 radical (unpaired) electrons. The van der Waals surface area contributed by atoms with E-state index in [4.69, 9.17) is 11.6 Å². The number of nitrogens with one attached hydrogen (secondary N) is 4. The van der Waals surface area contributed by atoms with Gasteiger partial charge in [-0.1, -0.05) is 38.4 Å². The van der Waals surface area contributed by atoms with Crippen molar-refractivity contribution in [3.05, 3.63) is 40.4 Å². The lowest BCUT2D eigenvalue weighted by atomic mass is 9.87. The summed E-state index contributed by atoms with van der Waals surface area (Å²) < 4.78 is 0. The van der Waals surface area contributed by atoms with Crippen LogP contribution in [0.4, 0.5) is 0 Å². The van der Waals surface area contributed by atoms with Crippen LogP contribution >= 0.6 is 11.6 Å². The SMILES string of the molecule is CC(C)(C)C[C@H](NC(=O)/C=C/c1ccc(Cl)cc1C#N)C(=O)NC(CC1CCNC1=O)C(=O)C(=O)NC1CC1. The van der Waals surface area contributed by atoms with Gasteiger partial charge in [0.2, 0.25) is 23.5 Å². The molecule has 4 N–H and O–H groups in total. The average Bonchev–Trinajstić information content (AvgIpc) is 3.59. The van der Waals surface area contributed by atoms with Crippen LogP contribution in [0.2, 0.25) is 5.02 Å². The molecule has 2 aliphatic rings. The standard InChI is InChI=1S/C28H34ClN5O5/c1-28(2,3)14-22(33-23(35)9-5-16-4-6-19(29)12-18(16)15-30)26(38)34-21(13-17-10-11-31-25(17)37)24(36)27(39)32-20-7-8-20/h4-6,9,12,17,20-22H,7-8,10-11,13-14H2,1-3H3,(H,31,37)(H,32,39)(H,33,35)(H,34,38)/b9-5+/t17?,21?,22-/m0/s1. The Bertz CT molecular complexity index is 1210. The number of nitrogens with zero attached hydrogens (tertiary/aromatic N) is 1. The minimum absolute atomic E-state index is 0.0158. The number of Topliss-reactive ketones (excluding diaryl/α,β-unsaturated/α-hetero) is 1. The Kier molecular flexibility index (Phi) is 9.86. The van der Waals surface area contributed by atoms with Crippen LogP contribution in [-0.2, 0) is 24.0 Å². The number of benzene rings is 1. The van der Waals surface area contributed by atoms with Gasteiger partial charge in [-0.05, 0) is 61.3 Å². The molecule has 1 saturated heterocycles. The van der Waals surface area contributed by atoms with E-state index in [0.29, 0.717) is 23.6 Å². The second kappa shape index (κ2) is 12.9. The lowest BCUT2D eigenvalue weighted by molar-refractivity contribution is -0.141. The molecule has 1 aromatic rings. The van der Waals surface area contributed by atoms with Crippen molar-refractivity contribution in [1.29, 1.82) is 5.26 Å². The quantitative estimate of drug-likeness (QED) is 0.241. The van der Waals surface area contributed by atoms with Gasteiger partial charge < -0.3 is 21.3 Å². The summed E-state index contributed by atoms with van der Waals surface area (Å²) in [5.41, 5.74) is 0.394. The van der Waals surface area contributed by atoms with Gasteiger partial charge in [-0.2, -0.15) is 5.26 Å². The summed E-state index contributed by atoms with van der Waals surface area (Å²) in [5.74, 6) is -3.57. The molecule has 2 fully saturated rings. The smallest absolute Gasteiger partial charge is 0.289 e. The third kappa shape index (κ3) is 9.21. The summed E-state index contributed by atoms with van der Waals surface area (Å²) in [6.07, 6.45) is 4.95.